The van der Waals surface area contributed by atoms with Crippen molar-refractivity contribution in [3.63, 3.8) is 0 Å². The van der Waals surface area contributed by atoms with Gasteiger partial charge in [-0.25, -0.2) is 4.39 Å². The van der Waals surface area contributed by atoms with E-state index in [9.17, 15) is 14.4 Å². The molecule has 1 atom stereocenters. The number of carbonyl (C=O) groups excluding carboxylic acids is 3. The maximum Gasteiger partial charge on any atom is 0.251 e. The number of Topliss-reactive ketones (excluding diaryl/α,β-unsaturated/α-hetero) is 1. The third kappa shape index (κ3) is 9.60. The lowest BCUT2D eigenvalue weighted by Gasteiger charge is -2.33. The van der Waals surface area contributed by atoms with Crippen LogP contribution in [0.15, 0.2) is 60.7 Å². The zero-order chi connectivity index (χ0) is 37.5. The molecule has 2 amide bonds. The molecule has 53 heavy (non-hydrogen) atoms. The number of aromatic amines is 1. The largest absolute Gasteiger partial charge is 0.349 e. The van der Waals surface area contributed by atoms with Crippen molar-refractivity contribution in [2.24, 2.45) is 23.5 Å². The van der Waals surface area contributed by atoms with Gasteiger partial charge in [-0.05, 0) is 149 Å². The van der Waals surface area contributed by atoms with Gasteiger partial charge in [-0.3, -0.25) is 14.4 Å². The Morgan fingerprint density at radius 1 is 0.943 bits per heavy atom. The summed E-state index contributed by atoms with van der Waals surface area (Å²) in [5.74, 6) is -1.17. The van der Waals surface area contributed by atoms with Gasteiger partial charge in [-0.1, -0.05) is 30.3 Å². The number of tetrazole rings is 1. The molecule has 280 valence electrons. The van der Waals surface area contributed by atoms with Gasteiger partial charge in [0, 0.05) is 41.6 Å². The van der Waals surface area contributed by atoms with Gasteiger partial charge in [0.05, 0.1) is 5.56 Å². The Labute approximate surface area is 310 Å². The molecule has 0 aliphatic heterocycles. The molecule has 0 radical (unpaired) electrons. The lowest BCUT2D eigenvalue weighted by molar-refractivity contribution is -0.129. The fourth-order valence-electron chi connectivity index (χ4n) is 7.97. The third-order valence-corrected chi connectivity index (χ3v) is 11.2. The number of aromatic nitrogens is 4. The molecule has 0 saturated heterocycles. The number of rotatable bonds is 13. The zero-order valence-corrected chi connectivity index (χ0v) is 30.9. The van der Waals surface area contributed by atoms with E-state index in [0.29, 0.717) is 30.5 Å². The van der Waals surface area contributed by atoms with Gasteiger partial charge in [0.15, 0.2) is 0 Å². The minimum atomic E-state index is -0.676. The molecule has 2 saturated carbocycles. The summed E-state index contributed by atoms with van der Waals surface area (Å²) < 4.78 is 15.0. The first-order valence-electron chi connectivity index (χ1n) is 18.8. The third-order valence-electron chi connectivity index (χ3n) is 11.2. The molecule has 6 rings (SSSR count). The number of benzene rings is 3. The van der Waals surface area contributed by atoms with Gasteiger partial charge in [0.2, 0.25) is 11.7 Å². The Kier molecular flexibility index (Phi) is 12.4. The van der Waals surface area contributed by atoms with Gasteiger partial charge in [0.1, 0.15) is 11.6 Å². The Morgan fingerprint density at radius 2 is 1.70 bits per heavy atom. The van der Waals surface area contributed by atoms with Crippen molar-refractivity contribution in [1.82, 2.24) is 30.8 Å². The van der Waals surface area contributed by atoms with Crippen molar-refractivity contribution < 1.29 is 18.8 Å². The lowest BCUT2D eigenvalue weighted by atomic mass is 9.77. The van der Waals surface area contributed by atoms with Gasteiger partial charge >= 0.3 is 0 Å². The van der Waals surface area contributed by atoms with Crippen molar-refractivity contribution in [3.05, 3.63) is 83.2 Å². The van der Waals surface area contributed by atoms with E-state index in [2.05, 4.69) is 50.3 Å². The summed E-state index contributed by atoms with van der Waals surface area (Å²) in [5, 5.41) is 19.6. The maximum absolute atomic E-state index is 15.0. The van der Waals surface area contributed by atoms with Crippen molar-refractivity contribution in [2.45, 2.75) is 83.2 Å². The van der Waals surface area contributed by atoms with Crippen molar-refractivity contribution >= 4 is 23.3 Å². The van der Waals surface area contributed by atoms with Gasteiger partial charge < -0.3 is 21.3 Å². The monoisotopic (exact) mass is 722 g/mol. The number of hydrogen-bond acceptors (Lipinski definition) is 8. The van der Waals surface area contributed by atoms with Crippen molar-refractivity contribution in [1.29, 1.82) is 0 Å². The maximum atomic E-state index is 15.0. The molecule has 2 aliphatic carbocycles. The highest BCUT2D eigenvalue weighted by atomic mass is 19.1. The smallest absolute Gasteiger partial charge is 0.251 e. The zero-order valence-electron chi connectivity index (χ0n) is 30.9. The van der Waals surface area contributed by atoms with E-state index in [1.165, 1.54) is 12.1 Å². The van der Waals surface area contributed by atoms with Crippen LogP contribution < -0.4 is 16.4 Å². The number of ketones is 1. The quantitative estimate of drug-likeness (QED) is 0.129. The fourth-order valence-corrected chi connectivity index (χ4v) is 7.97. The summed E-state index contributed by atoms with van der Waals surface area (Å²) in [6.45, 7) is 2.62. The molecular formula is C41H51FN8O3. The van der Waals surface area contributed by atoms with E-state index < -0.39 is 11.7 Å². The van der Waals surface area contributed by atoms with Crippen LogP contribution >= 0.6 is 0 Å². The number of H-pyrrole nitrogens is 1. The average Bonchev–Trinajstić information content (AvgIpc) is 3.70. The minimum absolute atomic E-state index is 0.0546. The molecule has 5 N–H and O–H groups in total. The van der Waals surface area contributed by atoms with Crippen molar-refractivity contribution in [2.75, 3.05) is 26.0 Å². The normalized spacial score (nSPS) is 20.9. The summed E-state index contributed by atoms with van der Waals surface area (Å²) in [5.41, 5.74) is 10.8. The van der Waals surface area contributed by atoms with Crippen LogP contribution in [0.25, 0.3) is 22.5 Å². The van der Waals surface area contributed by atoms with E-state index in [4.69, 9.17) is 5.73 Å². The van der Waals surface area contributed by atoms with Gasteiger partial charge in [-0.2, -0.15) is 5.21 Å². The molecular weight excluding hydrogens is 672 g/mol. The van der Waals surface area contributed by atoms with Crippen LogP contribution in [0.3, 0.4) is 0 Å². The van der Waals surface area contributed by atoms with E-state index >= 15 is 4.39 Å². The second kappa shape index (κ2) is 17.3. The summed E-state index contributed by atoms with van der Waals surface area (Å²) in [4.78, 5) is 43.0. The van der Waals surface area contributed by atoms with Crippen LogP contribution in [0.2, 0.25) is 0 Å². The number of nitrogens with two attached hydrogens (primary N) is 1. The lowest BCUT2D eigenvalue weighted by Crippen LogP contribution is -2.41. The topological polar surface area (TPSA) is 159 Å². The fraction of sp³-hybridized carbons (Fsp3) is 0.463. The molecule has 3 aromatic carbocycles. The average molecular weight is 723 g/mol. The second-order valence-corrected chi connectivity index (χ2v) is 15.1. The second-order valence-electron chi connectivity index (χ2n) is 15.1. The van der Waals surface area contributed by atoms with E-state index in [1.807, 2.05) is 49.4 Å². The number of halogens is 1. The molecule has 2 aliphatic rings. The molecule has 0 spiro atoms. The molecule has 11 nitrogen and oxygen atoms in total. The van der Waals surface area contributed by atoms with Crippen LogP contribution in [0.1, 0.15) is 79.3 Å². The van der Waals surface area contributed by atoms with E-state index in [-0.39, 0.29) is 53.1 Å². The first kappa shape index (κ1) is 37.9. The number of carbonyl (C=O) groups is 3. The molecule has 2 fully saturated rings. The highest BCUT2D eigenvalue weighted by Gasteiger charge is 2.30. The van der Waals surface area contributed by atoms with Crippen LogP contribution in [0.4, 0.5) is 10.1 Å². The first-order valence-corrected chi connectivity index (χ1v) is 18.8. The molecule has 0 unspecified atom stereocenters. The molecule has 1 heterocycles. The van der Waals surface area contributed by atoms with Gasteiger partial charge in [0.25, 0.3) is 5.91 Å². The van der Waals surface area contributed by atoms with Crippen LogP contribution in [-0.2, 0) is 16.0 Å². The predicted octanol–water partition coefficient (Wildman–Crippen LogP) is 6.11. The summed E-state index contributed by atoms with van der Waals surface area (Å²) in [6.07, 6.45) is 7.88. The van der Waals surface area contributed by atoms with Crippen LogP contribution in [-0.4, -0.2) is 75.8 Å². The summed E-state index contributed by atoms with van der Waals surface area (Å²) in [6, 6.07) is 18.8. The van der Waals surface area contributed by atoms with Gasteiger partial charge in [-0.15, -0.1) is 10.2 Å². The number of hydrogen-bond donors (Lipinski definition) is 4. The molecule has 4 aromatic rings. The predicted molar refractivity (Wildman–Crippen MR) is 203 cm³/mol. The SMILES string of the molecule is Cc1cc(C(=O)NC2CCC(N(C)C)CC2)ccc1-c1cccc(C[C@H](CC(=O)C2CCC(CN)CC2)C(=O)Nc2ccc(-c3nn[nH]n3)c(F)c2)c1. The standard InChI is InChI=1S/C41H51FN8O3/c1-25-19-30(40(52)44-32-12-15-34(16-13-32)50(2)3)11-17-35(25)29-6-4-5-27(20-29)21-31(22-38(51)28-9-7-26(24-43)8-10-28)41(53)45-33-14-18-36(37(42)23-33)39-46-48-49-47-39/h4-6,11,14,17-20,23,26,28,31-32,34H,7-10,12-13,15-16,21-22,24,43H2,1-3H3,(H,44,52)(H,45,53)(H,46,47,48,49)/t26?,28?,31-,32?,34?/m1/s1. The highest BCUT2D eigenvalue weighted by Crippen LogP contribution is 2.32. The van der Waals surface area contributed by atoms with Crippen LogP contribution in [0, 0.1) is 30.5 Å². The number of nitrogens with one attached hydrogen (secondary N) is 3. The number of amides is 2. The Balaban J connectivity index is 1.16. The molecule has 0 bridgehead atoms. The van der Waals surface area contributed by atoms with Crippen LogP contribution in [0.5, 0.6) is 0 Å². The molecule has 1 aromatic heterocycles. The number of nitrogens with zero attached hydrogens (tertiary/aromatic N) is 4. The highest BCUT2D eigenvalue weighted by molar-refractivity contribution is 5.97. The molecule has 12 heteroatoms. The number of anilines is 1. The Morgan fingerprint density at radius 3 is 2.36 bits per heavy atom. The number of aryl methyl sites for hydroxylation is 1. The Bertz CT molecular complexity index is 1880. The van der Waals surface area contributed by atoms with E-state index in [0.717, 1.165) is 73.6 Å². The Hall–Kier alpha value is -4.81. The minimum Gasteiger partial charge on any atom is -0.349 e. The van der Waals surface area contributed by atoms with Crippen molar-refractivity contribution in [3.8, 4) is 22.5 Å². The summed E-state index contributed by atoms with van der Waals surface area (Å²) >= 11 is 0. The first-order chi connectivity index (χ1) is 25.6. The summed E-state index contributed by atoms with van der Waals surface area (Å²) in [7, 11) is 4.22. The van der Waals surface area contributed by atoms with E-state index in [1.54, 1.807) is 6.07 Å².